The van der Waals surface area contributed by atoms with Crippen molar-refractivity contribution in [2.45, 2.75) is 116 Å². The molecule has 0 spiro atoms. The first-order valence-corrected chi connectivity index (χ1v) is 10.9. The van der Waals surface area contributed by atoms with Gasteiger partial charge < -0.3 is 9.47 Å². The minimum absolute atomic E-state index is 0.277. The molecule has 28 heavy (non-hydrogen) atoms. The Morgan fingerprint density at radius 3 is 1.36 bits per heavy atom. The lowest BCUT2D eigenvalue weighted by Gasteiger charge is -2.16. The summed E-state index contributed by atoms with van der Waals surface area (Å²) in [5.74, 6) is 4.40. The standard InChI is InChI=1S/C24H38O4/c1-5-9-11-13-15-17-23(25)27-21(7-3)19-20-22(8-4)28-24(26)18-16-14-12-10-6-2/h3-4,21-22H,5-6,9-20H2,1-2H3/t21-,22-/m1/s1. The van der Waals surface area contributed by atoms with E-state index in [0.717, 1.165) is 38.5 Å². The van der Waals surface area contributed by atoms with Crippen molar-refractivity contribution in [2.24, 2.45) is 0 Å². The summed E-state index contributed by atoms with van der Waals surface area (Å²) in [7, 11) is 0. The first kappa shape index (κ1) is 26.1. The SMILES string of the molecule is C#C[C@H](CC[C@@H](C#C)OC(=O)CCCCCCC)OC(=O)CCCCCCC. The summed E-state index contributed by atoms with van der Waals surface area (Å²) in [6.07, 6.45) is 21.9. The maximum atomic E-state index is 11.9. The van der Waals surface area contributed by atoms with Gasteiger partial charge in [0.1, 0.15) is 0 Å². The van der Waals surface area contributed by atoms with Gasteiger partial charge in [0.25, 0.3) is 0 Å². The van der Waals surface area contributed by atoms with Crippen LogP contribution in [0.2, 0.25) is 0 Å². The van der Waals surface area contributed by atoms with Crippen LogP contribution >= 0.6 is 0 Å². The predicted molar refractivity (Wildman–Crippen MR) is 113 cm³/mol. The molecule has 0 aliphatic rings. The third-order valence-corrected chi connectivity index (χ3v) is 4.58. The third-order valence-electron chi connectivity index (χ3n) is 4.58. The third kappa shape index (κ3) is 15.2. The fraction of sp³-hybridized carbons (Fsp3) is 0.750. The van der Waals surface area contributed by atoms with E-state index in [9.17, 15) is 9.59 Å². The summed E-state index contributed by atoms with van der Waals surface area (Å²) >= 11 is 0. The van der Waals surface area contributed by atoms with E-state index in [1.165, 1.54) is 25.7 Å². The number of carbonyl (C=O) groups excluding carboxylic acids is 2. The molecule has 0 saturated heterocycles. The summed E-state index contributed by atoms with van der Waals surface area (Å²) in [4.78, 5) is 23.8. The molecule has 0 heterocycles. The fourth-order valence-corrected chi connectivity index (χ4v) is 2.84. The fourth-order valence-electron chi connectivity index (χ4n) is 2.84. The van der Waals surface area contributed by atoms with Gasteiger partial charge in [-0.15, -0.1) is 12.8 Å². The second-order valence-electron chi connectivity index (χ2n) is 7.20. The Hall–Kier alpha value is -1.94. The van der Waals surface area contributed by atoms with Crippen molar-refractivity contribution in [1.29, 1.82) is 0 Å². The zero-order valence-corrected chi connectivity index (χ0v) is 17.8. The van der Waals surface area contributed by atoms with E-state index in [0.29, 0.717) is 25.7 Å². The van der Waals surface area contributed by atoms with Crippen LogP contribution in [0.3, 0.4) is 0 Å². The van der Waals surface area contributed by atoms with Gasteiger partial charge in [-0.05, 0) is 12.8 Å². The Bertz CT molecular complexity index is 452. The van der Waals surface area contributed by atoms with Gasteiger partial charge in [0.2, 0.25) is 0 Å². The van der Waals surface area contributed by atoms with E-state index < -0.39 is 12.2 Å². The van der Waals surface area contributed by atoms with Crippen LogP contribution < -0.4 is 0 Å². The van der Waals surface area contributed by atoms with E-state index in [2.05, 4.69) is 25.7 Å². The summed E-state index contributed by atoms with van der Waals surface area (Å²) in [5, 5.41) is 0. The highest BCUT2D eigenvalue weighted by Gasteiger charge is 2.17. The average Bonchev–Trinajstić information content (AvgIpc) is 2.69. The monoisotopic (exact) mass is 390 g/mol. The number of carbonyl (C=O) groups is 2. The second-order valence-corrected chi connectivity index (χ2v) is 7.20. The molecule has 0 radical (unpaired) electrons. The number of rotatable bonds is 17. The minimum atomic E-state index is -0.633. The molecule has 4 nitrogen and oxygen atoms in total. The Kier molecular flexibility index (Phi) is 17.1. The van der Waals surface area contributed by atoms with Crippen molar-refractivity contribution >= 4 is 11.9 Å². The molecule has 0 aliphatic carbocycles. The van der Waals surface area contributed by atoms with Gasteiger partial charge in [-0.3, -0.25) is 9.59 Å². The zero-order chi connectivity index (χ0) is 21.0. The van der Waals surface area contributed by atoms with Crippen LogP contribution in [0.5, 0.6) is 0 Å². The lowest BCUT2D eigenvalue weighted by molar-refractivity contribution is -0.150. The van der Waals surface area contributed by atoms with Crippen LogP contribution in [0.15, 0.2) is 0 Å². The topological polar surface area (TPSA) is 52.6 Å². The minimum Gasteiger partial charge on any atom is -0.449 e. The van der Waals surface area contributed by atoms with Crippen LogP contribution in [0.1, 0.15) is 104 Å². The van der Waals surface area contributed by atoms with Gasteiger partial charge in [-0.2, -0.15) is 0 Å². The van der Waals surface area contributed by atoms with Crippen LogP contribution in [-0.4, -0.2) is 24.1 Å². The van der Waals surface area contributed by atoms with Crippen molar-refractivity contribution < 1.29 is 19.1 Å². The number of terminal acetylenes is 2. The Morgan fingerprint density at radius 2 is 1.04 bits per heavy atom. The Labute approximate surface area is 172 Å². The van der Waals surface area contributed by atoms with Gasteiger partial charge in [-0.25, -0.2) is 0 Å². The highest BCUT2D eigenvalue weighted by Crippen LogP contribution is 2.12. The van der Waals surface area contributed by atoms with Gasteiger partial charge >= 0.3 is 11.9 Å². The average molecular weight is 391 g/mol. The molecule has 2 atom stereocenters. The molecule has 0 fully saturated rings. The number of hydrogen-bond donors (Lipinski definition) is 0. The molecule has 0 saturated carbocycles. The zero-order valence-electron chi connectivity index (χ0n) is 17.8. The summed E-state index contributed by atoms with van der Waals surface area (Å²) in [6.45, 7) is 4.31. The van der Waals surface area contributed by atoms with E-state index in [1.54, 1.807) is 0 Å². The van der Waals surface area contributed by atoms with Crippen molar-refractivity contribution in [3.8, 4) is 24.7 Å². The molecule has 0 aromatic heterocycles. The van der Waals surface area contributed by atoms with Crippen molar-refractivity contribution in [2.75, 3.05) is 0 Å². The van der Waals surface area contributed by atoms with Crippen LogP contribution in [0.25, 0.3) is 0 Å². The largest absolute Gasteiger partial charge is 0.449 e. The summed E-state index contributed by atoms with van der Waals surface area (Å²) in [6, 6.07) is 0. The van der Waals surface area contributed by atoms with E-state index in [-0.39, 0.29) is 11.9 Å². The number of ether oxygens (including phenoxy) is 2. The lowest BCUT2D eigenvalue weighted by Crippen LogP contribution is -2.21. The lowest BCUT2D eigenvalue weighted by atomic mass is 10.1. The first-order valence-electron chi connectivity index (χ1n) is 10.9. The van der Waals surface area contributed by atoms with Crippen molar-refractivity contribution in [3.05, 3.63) is 0 Å². The van der Waals surface area contributed by atoms with Gasteiger partial charge in [0, 0.05) is 25.7 Å². The molecule has 0 bridgehead atoms. The normalized spacial score (nSPS) is 12.4. The summed E-state index contributed by atoms with van der Waals surface area (Å²) < 4.78 is 10.6. The van der Waals surface area contributed by atoms with Gasteiger partial charge in [0.05, 0.1) is 0 Å². The van der Waals surface area contributed by atoms with E-state index in [4.69, 9.17) is 22.3 Å². The van der Waals surface area contributed by atoms with Gasteiger partial charge in [0.15, 0.2) is 12.2 Å². The predicted octanol–water partition coefficient (Wildman–Crippen LogP) is 5.58. The molecule has 0 amide bonds. The summed E-state index contributed by atoms with van der Waals surface area (Å²) in [5.41, 5.74) is 0. The van der Waals surface area contributed by atoms with Crippen molar-refractivity contribution in [3.63, 3.8) is 0 Å². The second kappa shape index (κ2) is 18.4. The molecule has 158 valence electrons. The maximum Gasteiger partial charge on any atom is 0.307 e. The van der Waals surface area contributed by atoms with E-state index >= 15 is 0 Å². The number of esters is 2. The Morgan fingerprint density at radius 1 is 0.679 bits per heavy atom. The highest BCUT2D eigenvalue weighted by atomic mass is 16.5. The molecular formula is C24H38O4. The maximum absolute atomic E-state index is 11.9. The van der Waals surface area contributed by atoms with Crippen LogP contribution in [0, 0.1) is 24.7 Å². The molecule has 0 unspecified atom stereocenters. The highest BCUT2D eigenvalue weighted by molar-refractivity contribution is 5.70. The molecule has 0 aromatic carbocycles. The van der Waals surface area contributed by atoms with Crippen LogP contribution in [0.4, 0.5) is 0 Å². The van der Waals surface area contributed by atoms with Crippen molar-refractivity contribution in [1.82, 2.24) is 0 Å². The Balaban J connectivity index is 4.06. The molecule has 4 heteroatoms. The smallest absolute Gasteiger partial charge is 0.307 e. The molecular weight excluding hydrogens is 352 g/mol. The number of unbranched alkanes of at least 4 members (excludes halogenated alkanes) is 8. The molecule has 0 aromatic rings. The van der Waals surface area contributed by atoms with E-state index in [1.807, 2.05) is 0 Å². The molecule has 0 rings (SSSR count). The quantitative estimate of drug-likeness (QED) is 0.185. The van der Waals surface area contributed by atoms with Crippen LogP contribution in [-0.2, 0) is 19.1 Å². The number of hydrogen-bond acceptors (Lipinski definition) is 4. The molecule has 0 N–H and O–H groups in total. The van der Waals surface area contributed by atoms with Gasteiger partial charge in [-0.1, -0.05) is 77.1 Å². The first-order chi connectivity index (χ1) is 13.6. The molecule has 0 aliphatic heterocycles.